The maximum absolute atomic E-state index is 14.1. The van der Waals surface area contributed by atoms with E-state index in [4.69, 9.17) is 9.15 Å². The van der Waals surface area contributed by atoms with Gasteiger partial charge in [-0.2, -0.15) is 0 Å². The second-order valence-corrected chi connectivity index (χ2v) is 8.80. The van der Waals surface area contributed by atoms with Crippen LogP contribution in [0.1, 0.15) is 47.8 Å². The second kappa shape index (κ2) is 9.89. The van der Waals surface area contributed by atoms with Gasteiger partial charge in [0.2, 0.25) is 11.8 Å². The van der Waals surface area contributed by atoms with Crippen LogP contribution in [0.4, 0.5) is 0 Å². The molecule has 9 nitrogen and oxygen atoms in total. The molecule has 3 heterocycles. The van der Waals surface area contributed by atoms with E-state index in [-0.39, 0.29) is 37.3 Å². The Morgan fingerprint density at radius 1 is 1.26 bits per heavy atom. The van der Waals surface area contributed by atoms with Crippen molar-refractivity contribution in [1.29, 1.82) is 0 Å². The highest BCUT2D eigenvalue weighted by atomic mass is 16.5. The Kier molecular flexibility index (Phi) is 6.92. The Morgan fingerprint density at radius 2 is 2.09 bits per heavy atom. The van der Waals surface area contributed by atoms with E-state index in [1.54, 1.807) is 53.2 Å². The van der Waals surface area contributed by atoms with Gasteiger partial charge < -0.3 is 29.4 Å². The molecule has 34 heavy (non-hydrogen) atoms. The molecule has 2 saturated heterocycles. The first-order valence-electron chi connectivity index (χ1n) is 11.6. The van der Waals surface area contributed by atoms with E-state index in [1.807, 2.05) is 0 Å². The summed E-state index contributed by atoms with van der Waals surface area (Å²) in [5.41, 5.74) is -0.876. The van der Waals surface area contributed by atoms with Gasteiger partial charge in [0.15, 0.2) is 0 Å². The van der Waals surface area contributed by atoms with E-state index in [1.165, 1.54) is 13.4 Å². The summed E-state index contributed by atoms with van der Waals surface area (Å²) in [5.74, 6) is -0.571. The van der Waals surface area contributed by atoms with Crippen molar-refractivity contribution in [2.24, 2.45) is 5.92 Å². The molecule has 0 unspecified atom stereocenters. The zero-order valence-electron chi connectivity index (χ0n) is 19.5. The molecule has 2 aliphatic heterocycles. The van der Waals surface area contributed by atoms with Crippen molar-refractivity contribution in [3.63, 3.8) is 0 Å². The monoisotopic (exact) mass is 469 g/mol. The van der Waals surface area contributed by atoms with Gasteiger partial charge in [-0.25, -0.2) is 0 Å². The standard InChI is InChI=1S/C25H31N3O6/c1-26-22(30)19-16-25(10-3-4-11-27(12-13-29)24(25)32)28(21(19)20-9-6-14-34-20)23(31)17-7-5-8-18(15-17)33-2/h5-9,14-15,19,21,29H,3-4,10-13,16H2,1-2H3,(H,26,30)/t19-,21+,25-/m0/s1. The van der Waals surface area contributed by atoms with Crippen LogP contribution in [0.25, 0.3) is 0 Å². The lowest BCUT2D eigenvalue weighted by Gasteiger charge is -2.41. The third-order valence-corrected chi connectivity index (χ3v) is 6.96. The molecule has 3 amide bonds. The number of furan rings is 1. The van der Waals surface area contributed by atoms with Crippen molar-refractivity contribution in [2.45, 2.75) is 37.3 Å². The van der Waals surface area contributed by atoms with Gasteiger partial charge in [-0.15, -0.1) is 0 Å². The van der Waals surface area contributed by atoms with Crippen LogP contribution in [0.5, 0.6) is 5.75 Å². The molecule has 2 fully saturated rings. The third-order valence-electron chi connectivity index (χ3n) is 6.96. The average molecular weight is 470 g/mol. The molecule has 0 saturated carbocycles. The molecule has 9 heteroatoms. The Morgan fingerprint density at radius 3 is 2.76 bits per heavy atom. The van der Waals surface area contributed by atoms with Crippen molar-refractivity contribution < 1.29 is 28.6 Å². The highest BCUT2D eigenvalue weighted by Crippen LogP contribution is 2.51. The summed E-state index contributed by atoms with van der Waals surface area (Å²) < 4.78 is 11.0. The zero-order valence-corrected chi connectivity index (χ0v) is 19.5. The van der Waals surface area contributed by atoms with Crippen molar-refractivity contribution in [1.82, 2.24) is 15.1 Å². The number of hydrogen-bond donors (Lipinski definition) is 2. The van der Waals surface area contributed by atoms with Crippen molar-refractivity contribution in [3.05, 3.63) is 54.0 Å². The number of aliphatic hydroxyl groups excluding tert-OH is 1. The SMILES string of the molecule is CNC(=O)[C@H]1C[C@]2(CCCCN(CCO)C2=O)N(C(=O)c2cccc(OC)c2)[C@H]1c1ccco1. The molecule has 2 aromatic rings. The van der Waals surface area contributed by atoms with Gasteiger partial charge in [0.1, 0.15) is 23.1 Å². The van der Waals surface area contributed by atoms with Gasteiger partial charge in [-0.3, -0.25) is 14.4 Å². The number of methoxy groups -OCH3 is 1. The van der Waals surface area contributed by atoms with Crippen LogP contribution in [0.3, 0.4) is 0 Å². The zero-order chi connectivity index (χ0) is 24.3. The highest BCUT2D eigenvalue weighted by Gasteiger charge is 2.61. The Hall–Kier alpha value is -3.33. The molecular weight excluding hydrogens is 438 g/mol. The van der Waals surface area contributed by atoms with Crippen LogP contribution in [0.2, 0.25) is 0 Å². The van der Waals surface area contributed by atoms with E-state index in [0.29, 0.717) is 36.5 Å². The lowest BCUT2D eigenvalue weighted by Crippen LogP contribution is -2.58. The van der Waals surface area contributed by atoms with Crippen LogP contribution in [-0.2, 0) is 9.59 Å². The van der Waals surface area contributed by atoms with Crippen molar-refractivity contribution in [3.8, 4) is 5.75 Å². The van der Waals surface area contributed by atoms with Crippen molar-refractivity contribution in [2.75, 3.05) is 33.9 Å². The summed E-state index contributed by atoms with van der Waals surface area (Å²) in [6.45, 7) is 0.502. The molecular formula is C25H31N3O6. The number of amides is 3. The lowest BCUT2D eigenvalue weighted by molar-refractivity contribution is -0.142. The number of likely N-dealkylation sites (tertiary alicyclic amines) is 2. The smallest absolute Gasteiger partial charge is 0.255 e. The fourth-order valence-electron chi connectivity index (χ4n) is 5.41. The number of carbonyl (C=O) groups excluding carboxylic acids is 3. The summed E-state index contributed by atoms with van der Waals surface area (Å²) in [6.07, 6.45) is 3.57. The van der Waals surface area contributed by atoms with Gasteiger partial charge in [0.25, 0.3) is 5.91 Å². The van der Waals surface area contributed by atoms with Crippen LogP contribution in [0, 0.1) is 5.92 Å². The summed E-state index contributed by atoms with van der Waals surface area (Å²) in [7, 11) is 3.07. The Bertz CT molecular complexity index is 1040. The largest absolute Gasteiger partial charge is 0.497 e. The number of hydrogen-bond acceptors (Lipinski definition) is 6. The first-order chi connectivity index (χ1) is 16.5. The molecule has 1 spiro atoms. The van der Waals surface area contributed by atoms with Gasteiger partial charge in [-0.05, 0) is 56.0 Å². The van der Waals surface area contributed by atoms with E-state index in [9.17, 15) is 19.5 Å². The minimum Gasteiger partial charge on any atom is -0.497 e. The van der Waals surface area contributed by atoms with Crippen LogP contribution < -0.4 is 10.1 Å². The van der Waals surface area contributed by atoms with Crippen LogP contribution >= 0.6 is 0 Å². The number of aliphatic hydroxyl groups is 1. The normalized spacial score (nSPS) is 24.9. The Balaban J connectivity index is 1.90. The predicted molar refractivity (Wildman–Crippen MR) is 123 cm³/mol. The minimum absolute atomic E-state index is 0.174. The summed E-state index contributed by atoms with van der Waals surface area (Å²) in [5, 5.41) is 12.3. The van der Waals surface area contributed by atoms with Gasteiger partial charge in [0.05, 0.1) is 25.9 Å². The quantitative estimate of drug-likeness (QED) is 0.669. The fourth-order valence-corrected chi connectivity index (χ4v) is 5.41. The second-order valence-electron chi connectivity index (χ2n) is 8.80. The van der Waals surface area contributed by atoms with E-state index < -0.39 is 17.5 Å². The predicted octanol–water partition coefficient (Wildman–Crippen LogP) is 1.98. The third kappa shape index (κ3) is 4.04. The molecule has 2 aliphatic rings. The number of ether oxygens (including phenoxy) is 1. The van der Waals surface area contributed by atoms with Crippen molar-refractivity contribution >= 4 is 17.7 Å². The number of β-amino-alcohol motifs (C(OH)–C–C–N with tert-alkyl or cyclic N) is 1. The summed E-state index contributed by atoms with van der Waals surface area (Å²) >= 11 is 0. The van der Waals surface area contributed by atoms with E-state index in [2.05, 4.69) is 5.32 Å². The summed E-state index contributed by atoms with van der Waals surface area (Å²) in [6, 6.07) is 9.47. The van der Waals surface area contributed by atoms with Gasteiger partial charge >= 0.3 is 0 Å². The maximum atomic E-state index is 14.1. The molecule has 1 aromatic heterocycles. The first-order valence-corrected chi connectivity index (χ1v) is 11.6. The number of rotatable bonds is 6. The summed E-state index contributed by atoms with van der Waals surface area (Å²) in [4.78, 5) is 44.4. The number of benzene rings is 1. The average Bonchev–Trinajstić information content (AvgIpc) is 3.47. The number of nitrogens with zero attached hydrogens (tertiary/aromatic N) is 2. The molecule has 3 atom stereocenters. The maximum Gasteiger partial charge on any atom is 0.255 e. The molecule has 2 N–H and O–H groups in total. The van der Waals surface area contributed by atoms with E-state index in [0.717, 1.165) is 6.42 Å². The van der Waals surface area contributed by atoms with Gasteiger partial charge in [0, 0.05) is 25.7 Å². The fraction of sp³-hybridized carbons (Fsp3) is 0.480. The number of nitrogens with one attached hydrogen (secondary N) is 1. The molecule has 1 aromatic carbocycles. The molecule has 0 radical (unpaired) electrons. The molecule has 4 rings (SSSR count). The van der Waals surface area contributed by atoms with Crippen LogP contribution in [-0.4, -0.2) is 72.0 Å². The molecule has 0 bridgehead atoms. The molecule has 0 aliphatic carbocycles. The van der Waals surface area contributed by atoms with Crippen LogP contribution in [0.15, 0.2) is 47.1 Å². The van der Waals surface area contributed by atoms with E-state index >= 15 is 0 Å². The highest BCUT2D eigenvalue weighted by molar-refractivity contribution is 6.01. The lowest BCUT2D eigenvalue weighted by atomic mass is 9.85. The van der Waals surface area contributed by atoms with Gasteiger partial charge in [-0.1, -0.05) is 6.07 Å². The topological polar surface area (TPSA) is 112 Å². The minimum atomic E-state index is -1.24. The number of carbonyl (C=O) groups is 3. The molecule has 182 valence electrons. The Labute approximate surface area is 198 Å². The first kappa shape index (κ1) is 23.8.